The van der Waals surface area contributed by atoms with Crippen LogP contribution >= 0.6 is 0 Å². The Morgan fingerprint density at radius 3 is 2.83 bits per heavy atom. The second-order valence-electron chi connectivity index (χ2n) is 7.16. The van der Waals surface area contributed by atoms with E-state index in [-0.39, 0.29) is 0 Å². The van der Waals surface area contributed by atoms with Gasteiger partial charge in [-0.25, -0.2) is 0 Å². The Bertz CT molecular complexity index is 1120. The zero-order chi connectivity index (χ0) is 20.2. The minimum absolute atomic E-state index is 0.581. The van der Waals surface area contributed by atoms with Crippen molar-refractivity contribution in [2.45, 2.75) is 6.42 Å². The Morgan fingerprint density at radius 2 is 1.97 bits per heavy atom. The molecule has 1 fully saturated rings. The molecule has 0 saturated carbocycles. The highest BCUT2D eigenvalue weighted by Crippen LogP contribution is 2.27. The van der Waals surface area contributed by atoms with Gasteiger partial charge in [-0.2, -0.15) is 15.0 Å². The van der Waals surface area contributed by atoms with Crippen LogP contribution < -0.4 is 10.2 Å². The normalized spacial score (nSPS) is 14.2. The predicted octanol–water partition coefficient (Wildman–Crippen LogP) is 2.91. The van der Waals surface area contributed by atoms with Crippen molar-refractivity contribution < 1.29 is 4.74 Å². The van der Waals surface area contributed by atoms with Crippen molar-refractivity contribution >= 4 is 22.8 Å². The SMILES string of the molecule is c1cncc(CCNc2nc(-c3cccc4[nH]ccc34)nc(N3CCOCC3)n2)c1. The van der Waals surface area contributed by atoms with Crippen molar-refractivity contribution in [2.75, 3.05) is 43.1 Å². The molecule has 2 N–H and O–H groups in total. The summed E-state index contributed by atoms with van der Waals surface area (Å²) in [6, 6.07) is 12.2. The number of rotatable bonds is 6. The molecule has 8 heteroatoms. The number of nitrogens with one attached hydrogen (secondary N) is 2. The smallest absolute Gasteiger partial charge is 0.230 e. The van der Waals surface area contributed by atoms with Crippen LogP contribution in [-0.4, -0.2) is 57.8 Å². The van der Waals surface area contributed by atoms with Crippen LogP contribution in [-0.2, 0) is 11.2 Å². The maximum absolute atomic E-state index is 5.49. The standard InChI is InChI=1S/C22H23N7O/c1-4-18(17-7-10-24-19(17)5-1)20-26-21(25-9-6-16-3-2-8-23-15-16)28-22(27-20)29-11-13-30-14-12-29/h1-5,7-8,10,15,24H,6,9,11-14H2,(H,25,26,27,28). The number of aromatic amines is 1. The summed E-state index contributed by atoms with van der Waals surface area (Å²) in [5.41, 5.74) is 3.22. The van der Waals surface area contributed by atoms with Crippen LogP contribution in [0.4, 0.5) is 11.9 Å². The number of hydrogen-bond donors (Lipinski definition) is 2. The summed E-state index contributed by atoms with van der Waals surface area (Å²) in [5, 5.41) is 4.46. The van der Waals surface area contributed by atoms with Crippen LogP contribution in [0, 0.1) is 0 Å². The lowest BCUT2D eigenvalue weighted by Gasteiger charge is -2.27. The number of H-pyrrole nitrogens is 1. The number of nitrogens with zero attached hydrogens (tertiary/aromatic N) is 5. The first-order valence-electron chi connectivity index (χ1n) is 10.1. The number of pyridine rings is 1. The number of ether oxygens (including phenoxy) is 1. The highest BCUT2D eigenvalue weighted by molar-refractivity contribution is 5.93. The van der Waals surface area contributed by atoms with Crippen molar-refractivity contribution in [3.05, 3.63) is 60.6 Å². The van der Waals surface area contributed by atoms with E-state index < -0.39 is 0 Å². The minimum atomic E-state index is 0.581. The van der Waals surface area contributed by atoms with Crippen molar-refractivity contribution in [3.8, 4) is 11.4 Å². The third kappa shape index (κ3) is 3.95. The van der Waals surface area contributed by atoms with Crippen molar-refractivity contribution in [3.63, 3.8) is 0 Å². The molecule has 0 bridgehead atoms. The van der Waals surface area contributed by atoms with E-state index in [1.54, 1.807) is 6.20 Å². The van der Waals surface area contributed by atoms with Gasteiger partial charge >= 0.3 is 0 Å². The lowest BCUT2D eigenvalue weighted by molar-refractivity contribution is 0.122. The molecule has 3 aromatic heterocycles. The zero-order valence-electron chi connectivity index (χ0n) is 16.6. The second kappa shape index (κ2) is 8.46. The summed E-state index contributed by atoms with van der Waals surface area (Å²) in [6.07, 6.45) is 6.44. The molecule has 0 spiro atoms. The van der Waals surface area contributed by atoms with Gasteiger partial charge in [-0.15, -0.1) is 0 Å². The summed E-state index contributed by atoms with van der Waals surface area (Å²) < 4.78 is 5.49. The average Bonchev–Trinajstić information content (AvgIpc) is 3.29. The van der Waals surface area contributed by atoms with Gasteiger partial charge in [0.05, 0.1) is 13.2 Å². The van der Waals surface area contributed by atoms with E-state index in [0.717, 1.165) is 36.0 Å². The predicted molar refractivity (Wildman–Crippen MR) is 117 cm³/mol. The molecule has 0 amide bonds. The van der Waals surface area contributed by atoms with Crippen LogP contribution in [0.15, 0.2) is 55.0 Å². The van der Waals surface area contributed by atoms with Gasteiger partial charge in [0.15, 0.2) is 5.82 Å². The van der Waals surface area contributed by atoms with E-state index in [1.807, 2.05) is 30.6 Å². The number of hydrogen-bond acceptors (Lipinski definition) is 7. The zero-order valence-corrected chi connectivity index (χ0v) is 16.6. The second-order valence-corrected chi connectivity index (χ2v) is 7.16. The number of benzene rings is 1. The van der Waals surface area contributed by atoms with Gasteiger partial charge < -0.3 is 19.9 Å². The summed E-state index contributed by atoms with van der Waals surface area (Å²) in [7, 11) is 0. The van der Waals surface area contributed by atoms with Gasteiger partial charge in [0.2, 0.25) is 11.9 Å². The van der Waals surface area contributed by atoms with Gasteiger partial charge in [0, 0.05) is 54.7 Å². The lowest BCUT2D eigenvalue weighted by atomic mass is 10.1. The van der Waals surface area contributed by atoms with E-state index in [0.29, 0.717) is 37.5 Å². The number of anilines is 2. The molecule has 1 aromatic carbocycles. The molecule has 4 heterocycles. The monoisotopic (exact) mass is 401 g/mol. The molecular weight excluding hydrogens is 378 g/mol. The fraction of sp³-hybridized carbons (Fsp3) is 0.273. The molecular formula is C22H23N7O. The number of morpholine rings is 1. The Kier molecular flexibility index (Phi) is 5.22. The topological polar surface area (TPSA) is 91.9 Å². The van der Waals surface area contributed by atoms with Gasteiger partial charge in [0.1, 0.15) is 0 Å². The van der Waals surface area contributed by atoms with Gasteiger partial charge in [0.25, 0.3) is 0 Å². The quantitative estimate of drug-likeness (QED) is 0.513. The Balaban J connectivity index is 1.46. The highest BCUT2D eigenvalue weighted by Gasteiger charge is 2.18. The molecule has 0 atom stereocenters. The van der Waals surface area contributed by atoms with E-state index in [1.165, 1.54) is 5.56 Å². The first-order valence-corrected chi connectivity index (χ1v) is 10.1. The Morgan fingerprint density at radius 1 is 1.03 bits per heavy atom. The molecule has 8 nitrogen and oxygen atoms in total. The van der Waals surface area contributed by atoms with Gasteiger partial charge in [-0.05, 0) is 30.2 Å². The summed E-state index contributed by atoms with van der Waals surface area (Å²) in [4.78, 5) is 23.8. The third-order valence-corrected chi connectivity index (χ3v) is 5.17. The summed E-state index contributed by atoms with van der Waals surface area (Å²) in [6.45, 7) is 3.61. The molecule has 0 radical (unpaired) electrons. The molecule has 4 aromatic rings. The Hall–Kier alpha value is -3.52. The maximum atomic E-state index is 5.49. The van der Waals surface area contributed by atoms with Crippen LogP contribution in [0.3, 0.4) is 0 Å². The van der Waals surface area contributed by atoms with Crippen molar-refractivity contribution in [1.82, 2.24) is 24.9 Å². The summed E-state index contributed by atoms with van der Waals surface area (Å²) in [5.74, 6) is 1.93. The molecule has 1 saturated heterocycles. The fourth-order valence-electron chi connectivity index (χ4n) is 3.61. The first-order chi connectivity index (χ1) is 14.9. The van der Waals surface area contributed by atoms with E-state index in [2.05, 4.69) is 38.4 Å². The molecule has 30 heavy (non-hydrogen) atoms. The van der Waals surface area contributed by atoms with Crippen LogP contribution in [0.25, 0.3) is 22.3 Å². The number of fused-ring (bicyclic) bond motifs is 1. The number of aromatic nitrogens is 5. The summed E-state index contributed by atoms with van der Waals surface area (Å²) >= 11 is 0. The first kappa shape index (κ1) is 18.5. The van der Waals surface area contributed by atoms with Crippen LogP contribution in [0.5, 0.6) is 0 Å². The lowest BCUT2D eigenvalue weighted by Crippen LogP contribution is -2.37. The minimum Gasteiger partial charge on any atom is -0.378 e. The van der Waals surface area contributed by atoms with Crippen LogP contribution in [0.2, 0.25) is 0 Å². The molecule has 1 aliphatic heterocycles. The van der Waals surface area contributed by atoms with E-state index in [9.17, 15) is 0 Å². The molecule has 152 valence electrons. The molecule has 0 aliphatic carbocycles. The van der Waals surface area contributed by atoms with Crippen molar-refractivity contribution in [2.24, 2.45) is 0 Å². The van der Waals surface area contributed by atoms with E-state index in [4.69, 9.17) is 19.7 Å². The maximum Gasteiger partial charge on any atom is 0.230 e. The molecule has 5 rings (SSSR count). The fourth-order valence-corrected chi connectivity index (χ4v) is 3.61. The largest absolute Gasteiger partial charge is 0.378 e. The third-order valence-electron chi connectivity index (χ3n) is 5.17. The van der Waals surface area contributed by atoms with Gasteiger partial charge in [-0.1, -0.05) is 18.2 Å². The Labute approximate surface area is 174 Å². The van der Waals surface area contributed by atoms with Crippen LogP contribution in [0.1, 0.15) is 5.56 Å². The highest BCUT2D eigenvalue weighted by atomic mass is 16.5. The molecule has 0 unspecified atom stereocenters. The van der Waals surface area contributed by atoms with E-state index >= 15 is 0 Å². The molecule has 1 aliphatic rings. The van der Waals surface area contributed by atoms with Crippen molar-refractivity contribution in [1.29, 1.82) is 0 Å². The van der Waals surface area contributed by atoms with Gasteiger partial charge in [-0.3, -0.25) is 4.98 Å². The average molecular weight is 401 g/mol.